The van der Waals surface area contributed by atoms with Crippen LogP contribution >= 0.6 is 50.1 Å². The van der Waals surface area contributed by atoms with Crippen LogP contribution in [0.5, 0.6) is 0 Å². The van der Waals surface area contributed by atoms with Gasteiger partial charge in [0.05, 0.1) is 5.56 Å². The second-order valence-corrected chi connectivity index (χ2v) is 4.22. The molecule has 0 aromatic carbocycles. The lowest BCUT2D eigenvalue weighted by Crippen LogP contribution is -1.94. The van der Waals surface area contributed by atoms with Gasteiger partial charge in [-0.05, 0) is 38.5 Å². The maximum atomic E-state index is 12.3. The Morgan fingerprint density at radius 3 is 2.58 bits per heavy atom. The number of halogens is 5. The number of rotatable bonds is 1. The Hall–Kier alpha value is 0.510. The summed E-state index contributed by atoms with van der Waals surface area (Å²) < 4.78 is 25.6. The lowest BCUT2D eigenvalue weighted by molar-refractivity contribution is 0.150. The third kappa shape index (κ3) is 2.05. The molecule has 0 aliphatic rings. The molecule has 0 saturated heterocycles. The minimum Gasteiger partial charge on any atom is -0.243 e. The summed E-state index contributed by atoms with van der Waals surface area (Å²) in [6, 6.07) is 0. The number of alkyl halides is 2. The molecule has 0 amide bonds. The predicted octanol–water partition coefficient (Wildman–Crippen LogP) is 4.04. The van der Waals surface area contributed by atoms with Gasteiger partial charge in [-0.3, -0.25) is 0 Å². The molecule has 1 heterocycles. The first-order chi connectivity index (χ1) is 5.54. The quantitative estimate of drug-likeness (QED) is 0.539. The summed E-state index contributed by atoms with van der Waals surface area (Å²) >= 11 is 10.4. The molecular formula is C6H2BrClF2IN. The third-order valence-corrected chi connectivity index (χ3v) is 3.98. The Kier molecular flexibility index (Phi) is 3.66. The number of hydrogen-bond acceptors (Lipinski definition) is 1. The highest BCUT2D eigenvalue weighted by Crippen LogP contribution is 2.33. The molecule has 0 bridgehead atoms. The van der Waals surface area contributed by atoms with Crippen molar-refractivity contribution in [2.75, 3.05) is 0 Å². The average molecular weight is 368 g/mol. The van der Waals surface area contributed by atoms with Crippen molar-refractivity contribution in [1.29, 1.82) is 0 Å². The molecule has 0 radical (unpaired) electrons. The molecule has 1 aromatic heterocycles. The van der Waals surface area contributed by atoms with Crippen molar-refractivity contribution in [1.82, 2.24) is 4.98 Å². The average Bonchev–Trinajstić information content (AvgIpc) is 1.97. The Balaban J connectivity index is 3.33. The van der Waals surface area contributed by atoms with Gasteiger partial charge in [-0.15, -0.1) is 0 Å². The van der Waals surface area contributed by atoms with Crippen LogP contribution in [-0.2, 0) is 0 Å². The van der Waals surface area contributed by atoms with Crippen LogP contribution in [0.25, 0.3) is 0 Å². The summed E-state index contributed by atoms with van der Waals surface area (Å²) in [6.07, 6.45) is -1.19. The molecule has 1 aromatic rings. The van der Waals surface area contributed by atoms with Gasteiger partial charge in [0, 0.05) is 14.2 Å². The number of nitrogens with zero attached hydrogens (tertiary/aromatic N) is 1. The fraction of sp³-hybridized carbons (Fsp3) is 0.167. The predicted molar refractivity (Wildman–Crippen MR) is 54.6 cm³/mol. The minimum absolute atomic E-state index is 0.141. The first kappa shape index (κ1) is 10.6. The Bertz CT molecular complexity index is 308. The molecule has 6 heteroatoms. The van der Waals surface area contributed by atoms with E-state index in [1.54, 1.807) is 22.6 Å². The molecule has 0 fully saturated rings. The maximum absolute atomic E-state index is 12.3. The maximum Gasteiger partial charge on any atom is 0.267 e. The zero-order valence-corrected chi connectivity index (χ0v) is 9.99. The Morgan fingerprint density at radius 2 is 2.17 bits per heavy atom. The highest BCUT2D eigenvalue weighted by atomic mass is 127. The van der Waals surface area contributed by atoms with E-state index in [9.17, 15) is 8.78 Å². The van der Waals surface area contributed by atoms with Gasteiger partial charge in [-0.25, -0.2) is 13.8 Å². The zero-order chi connectivity index (χ0) is 9.30. The molecule has 0 aliphatic heterocycles. The largest absolute Gasteiger partial charge is 0.267 e. The van der Waals surface area contributed by atoms with Gasteiger partial charge in [-0.1, -0.05) is 11.6 Å². The van der Waals surface area contributed by atoms with Crippen LogP contribution < -0.4 is 0 Å². The van der Waals surface area contributed by atoms with E-state index >= 15 is 0 Å². The molecule has 0 aliphatic carbocycles. The van der Waals surface area contributed by atoms with E-state index in [0.717, 1.165) is 0 Å². The second-order valence-electron chi connectivity index (χ2n) is 1.93. The lowest BCUT2D eigenvalue weighted by atomic mass is 10.3. The lowest BCUT2D eigenvalue weighted by Gasteiger charge is -2.05. The summed E-state index contributed by atoms with van der Waals surface area (Å²) in [5.74, 6) is 0. The standard InChI is InChI=1S/C6H2BrClF2IN/c7-2-1-12-5(8)3(4(2)11)6(9)10/h1,6H. The molecular weight excluding hydrogens is 366 g/mol. The Morgan fingerprint density at radius 1 is 1.58 bits per heavy atom. The van der Waals surface area contributed by atoms with E-state index in [2.05, 4.69) is 20.9 Å². The van der Waals surface area contributed by atoms with Crippen LogP contribution in [0.15, 0.2) is 10.7 Å². The SMILES string of the molecule is FC(F)c1c(Cl)ncc(Br)c1I. The summed E-state index contributed by atoms with van der Waals surface area (Å²) in [6.45, 7) is 0. The monoisotopic (exact) mass is 367 g/mol. The highest BCUT2D eigenvalue weighted by Gasteiger charge is 2.18. The molecule has 0 unspecified atom stereocenters. The van der Waals surface area contributed by atoms with Crippen molar-refractivity contribution in [2.24, 2.45) is 0 Å². The van der Waals surface area contributed by atoms with Crippen LogP contribution in [0.1, 0.15) is 12.0 Å². The molecule has 12 heavy (non-hydrogen) atoms. The first-order valence-electron chi connectivity index (χ1n) is 2.81. The van der Waals surface area contributed by atoms with E-state index in [-0.39, 0.29) is 10.7 Å². The van der Waals surface area contributed by atoms with Gasteiger partial charge in [0.1, 0.15) is 5.15 Å². The van der Waals surface area contributed by atoms with Crippen LogP contribution in [-0.4, -0.2) is 4.98 Å². The van der Waals surface area contributed by atoms with Crippen molar-refractivity contribution in [3.63, 3.8) is 0 Å². The normalized spacial score (nSPS) is 10.8. The van der Waals surface area contributed by atoms with E-state index in [4.69, 9.17) is 11.6 Å². The first-order valence-corrected chi connectivity index (χ1v) is 5.06. The fourth-order valence-electron chi connectivity index (χ4n) is 0.645. The number of hydrogen-bond donors (Lipinski definition) is 0. The minimum atomic E-state index is -2.59. The van der Waals surface area contributed by atoms with Gasteiger partial charge in [0.2, 0.25) is 0 Å². The summed E-state index contributed by atoms with van der Waals surface area (Å²) in [7, 11) is 0. The van der Waals surface area contributed by atoms with Crippen molar-refractivity contribution >= 4 is 50.1 Å². The van der Waals surface area contributed by atoms with Crippen molar-refractivity contribution in [3.8, 4) is 0 Å². The van der Waals surface area contributed by atoms with Crippen molar-refractivity contribution in [2.45, 2.75) is 6.43 Å². The molecule has 0 N–H and O–H groups in total. The summed E-state index contributed by atoms with van der Waals surface area (Å²) in [5.41, 5.74) is -0.216. The Labute approximate surface area is 94.8 Å². The van der Waals surface area contributed by atoms with E-state index in [0.29, 0.717) is 8.04 Å². The molecule has 0 spiro atoms. The van der Waals surface area contributed by atoms with Gasteiger partial charge in [0.25, 0.3) is 6.43 Å². The van der Waals surface area contributed by atoms with Crippen LogP contribution in [0.3, 0.4) is 0 Å². The number of aromatic nitrogens is 1. The molecule has 0 saturated carbocycles. The highest BCUT2D eigenvalue weighted by molar-refractivity contribution is 14.1. The third-order valence-electron chi connectivity index (χ3n) is 1.18. The molecule has 1 rings (SSSR count). The van der Waals surface area contributed by atoms with Gasteiger partial charge in [0.15, 0.2) is 0 Å². The van der Waals surface area contributed by atoms with Crippen molar-refractivity contribution < 1.29 is 8.78 Å². The summed E-state index contributed by atoms with van der Waals surface area (Å²) in [4.78, 5) is 3.59. The van der Waals surface area contributed by atoms with Crippen LogP contribution in [0, 0.1) is 3.57 Å². The molecule has 66 valence electrons. The summed E-state index contributed by atoms with van der Waals surface area (Å²) in [5, 5.41) is -0.141. The molecule has 0 atom stereocenters. The van der Waals surface area contributed by atoms with Crippen molar-refractivity contribution in [3.05, 3.63) is 25.0 Å². The van der Waals surface area contributed by atoms with Gasteiger partial charge < -0.3 is 0 Å². The van der Waals surface area contributed by atoms with Crippen LogP contribution in [0.4, 0.5) is 8.78 Å². The fourth-order valence-corrected chi connectivity index (χ4v) is 1.98. The number of pyridine rings is 1. The topological polar surface area (TPSA) is 12.9 Å². The van der Waals surface area contributed by atoms with E-state index in [1.165, 1.54) is 6.20 Å². The second kappa shape index (κ2) is 4.15. The van der Waals surface area contributed by atoms with Gasteiger partial charge in [-0.2, -0.15) is 0 Å². The van der Waals surface area contributed by atoms with Crippen LogP contribution in [0.2, 0.25) is 5.15 Å². The zero-order valence-electron chi connectivity index (χ0n) is 5.49. The van der Waals surface area contributed by atoms with E-state index in [1.807, 2.05) is 0 Å². The smallest absolute Gasteiger partial charge is 0.243 e. The molecule has 1 nitrogen and oxygen atoms in total. The van der Waals surface area contributed by atoms with E-state index < -0.39 is 6.43 Å². The van der Waals surface area contributed by atoms with Gasteiger partial charge >= 0.3 is 0 Å².